The van der Waals surface area contributed by atoms with Crippen LogP contribution in [0.25, 0.3) is 33.6 Å². The fourth-order valence-corrected chi connectivity index (χ4v) is 3.82. The lowest BCUT2D eigenvalue weighted by atomic mass is 9.96. The molecule has 4 heteroatoms. The van der Waals surface area contributed by atoms with Crippen LogP contribution in [0, 0.1) is 5.82 Å². The van der Waals surface area contributed by atoms with E-state index in [9.17, 15) is 14.6 Å². The molecule has 3 aromatic carbocycles. The number of phenols is 2. The number of phenolic OH excluding ortho intramolecular Hbond substituents is 2. The van der Waals surface area contributed by atoms with E-state index in [2.05, 4.69) is 0 Å². The number of fused-ring (bicyclic) bond motifs is 3. The van der Waals surface area contributed by atoms with Gasteiger partial charge in [0.25, 0.3) is 0 Å². The molecule has 3 nitrogen and oxygen atoms in total. The summed E-state index contributed by atoms with van der Waals surface area (Å²) in [6.45, 7) is 0. The summed E-state index contributed by atoms with van der Waals surface area (Å²) < 4.78 is 13.8. The van der Waals surface area contributed by atoms with Gasteiger partial charge in [-0.1, -0.05) is 24.3 Å². The first-order chi connectivity index (χ1) is 13.6. The zero-order chi connectivity index (χ0) is 19.3. The molecule has 1 aliphatic rings. The molecule has 28 heavy (non-hydrogen) atoms. The lowest BCUT2D eigenvalue weighted by Gasteiger charge is -2.12. The van der Waals surface area contributed by atoms with Gasteiger partial charge >= 0.3 is 0 Å². The minimum Gasteiger partial charge on any atom is -0.508 e. The van der Waals surface area contributed by atoms with Gasteiger partial charge in [0.2, 0.25) is 0 Å². The van der Waals surface area contributed by atoms with Crippen molar-refractivity contribution in [1.82, 2.24) is 4.98 Å². The number of pyridine rings is 1. The molecule has 2 N–H and O–H groups in total. The second-order valence-electron chi connectivity index (χ2n) is 6.96. The maximum Gasteiger partial charge on any atom is 0.123 e. The maximum absolute atomic E-state index is 13.8. The van der Waals surface area contributed by atoms with Crippen LogP contribution >= 0.6 is 0 Å². The highest BCUT2D eigenvalue weighted by Crippen LogP contribution is 2.43. The third-order valence-corrected chi connectivity index (χ3v) is 5.13. The molecule has 0 amide bonds. The van der Waals surface area contributed by atoms with E-state index in [4.69, 9.17) is 4.98 Å². The smallest absolute Gasteiger partial charge is 0.123 e. The first-order valence-electron chi connectivity index (χ1n) is 9.00. The van der Waals surface area contributed by atoms with Gasteiger partial charge in [0, 0.05) is 17.5 Å². The van der Waals surface area contributed by atoms with Gasteiger partial charge in [-0.15, -0.1) is 0 Å². The predicted molar refractivity (Wildman–Crippen MR) is 107 cm³/mol. The van der Waals surface area contributed by atoms with Crippen LogP contribution in [-0.2, 0) is 6.42 Å². The lowest BCUT2D eigenvalue weighted by molar-refractivity contribution is 0.474. The quantitative estimate of drug-likeness (QED) is 0.430. The Kier molecular flexibility index (Phi) is 3.66. The molecule has 0 aliphatic heterocycles. The van der Waals surface area contributed by atoms with E-state index in [1.807, 2.05) is 30.3 Å². The monoisotopic (exact) mass is 369 g/mol. The van der Waals surface area contributed by atoms with Crippen LogP contribution in [-0.4, -0.2) is 15.2 Å². The SMILES string of the molecule is Oc1ccc(-c2cc(-c3cccc(F)c3)nc3c2Cc2cc(O)ccc2-3)cc1. The molecule has 4 aromatic rings. The van der Waals surface area contributed by atoms with Crippen molar-refractivity contribution in [3.63, 3.8) is 0 Å². The van der Waals surface area contributed by atoms with E-state index in [1.54, 1.807) is 30.3 Å². The molecule has 1 aromatic heterocycles. The number of rotatable bonds is 2. The number of hydrogen-bond donors (Lipinski definition) is 2. The highest BCUT2D eigenvalue weighted by Gasteiger charge is 2.25. The van der Waals surface area contributed by atoms with Crippen LogP contribution in [0.2, 0.25) is 0 Å². The van der Waals surface area contributed by atoms with Gasteiger partial charge in [-0.2, -0.15) is 0 Å². The van der Waals surface area contributed by atoms with Crippen molar-refractivity contribution >= 4 is 0 Å². The molecule has 1 aliphatic carbocycles. The Bertz CT molecular complexity index is 1220. The van der Waals surface area contributed by atoms with E-state index in [1.165, 1.54) is 12.1 Å². The van der Waals surface area contributed by atoms with Crippen LogP contribution in [0.5, 0.6) is 11.5 Å². The Labute approximate surface area is 161 Å². The van der Waals surface area contributed by atoms with Gasteiger partial charge in [-0.05, 0) is 70.8 Å². The zero-order valence-corrected chi connectivity index (χ0v) is 14.9. The lowest BCUT2D eigenvalue weighted by Crippen LogP contribution is -1.94. The molecular weight excluding hydrogens is 353 g/mol. The fraction of sp³-hybridized carbons (Fsp3) is 0.0417. The second-order valence-corrected chi connectivity index (χ2v) is 6.96. The average Bonchev–Trinajstić information content (AvgIpc) is 3.05. The van der Waals surface area contributed by atoms with Crippen molar-refractivity contribution < 1.29 is 14.6 Å². The third kappa shape index (κ3) is 2.70. The van der Waals surface area contributed by atoms with Gasteiger partial charge in [-0.3, -0.25) is 0 Å². The first-order valence-corrected chi connectivity index (χ1v) is 9.00. The minimum absolute atomic E-state index is 0.202. The number of halogens is 1. The predicted octanol–water partition coefficient (Wildman–Crippen LogP) is 5.54. The van der Waals surface area contributed by atoms with Gasteiger partial charge < -0.3 is 10.2 Å². The average molecular weight is 369 g/mol. The molecule has 0 saturated heterocycles. The van der Waals surface area contributed by atoms with E-state index in [0.29, 0.717) is 17.7 Å². The molecule has 136 valence electrons. The van der Waals surface area contributed by atoms with Crippen molar-refractivity contribution in [3.05, 3.63) is 89.7 Å². The summed E-state index contributed by atoms with van der Waals surface area (Å²) in [4.78, 5) is 4.84. The van der Waals surface area contributed by atoms with Crippen LogP contribution in [0.1, 0.15) is 11.1 Å². The van der Waals surface area contributed by atoms with Crippen molar-refractivity contribution in [1.29, 1.82) is 0 Å². The molecule has 0 saturated carbocycles. The van der Waals surface area contributed by atoms with Crippen LogP contribution in [0.4, 0.5) is 4.39 Å². The molecule has 0 spiro atoms. The maximum atomic E-state index is 13.8. The second kappa shape index (κ2) is 6.20. The Morgan fingerprint density at radius 3 is 2.32 bits per heavy atom. The summed E-state index contributed by atoms with van der Waals surface area (Å²) in [7, 11) is 0. The van der Waals surface area contributed by atoms with Crippen molar-refractivity contribution in [2.45, 2.75) is 6.42 Å². The number of hydrogen-bond acceptors (Lipinski definition) is 3. The molecule has 0 atom stereocenters. The van der Waals surface area contributed by atoms with Gasteiger partial charge in [0.05, 0.1) is 11.4 Å². The molecule has 0 radical (unpaired) electrons. The zero-order valence-electron chi connectivity index (χ0n) is 14.9. The van der Waals surface area contributed by atoms with Crippen molar-refractivity contribution in [2.75, 3.05) is 0 Å². The topological polar surface area (TPSA) is 53.4 Å². The minimum atomic E-state index is -0.309. The van der Waals surface area contributed by atoms with E-state index in [0.717, 1.165) is 33.5 Å². The number of nitrogens with zero attached hydrogens (tertiary/aromatic N) is 1. The summed E-state index contributed by atoms with van der Waals surface area (Å²) in [5.74, 6) is 0.118. The molecule has 0 fully saturated rings. The summed E-state index contributed by atoms with van der Waals surface area (Å²) in [6.07, 6.45) is 0.658. The van der Waals surface area contributed by atoms with E-state index < -0.39 is 0 Å². The third-order valence-electron chi connectivity index (χ3n) is 5.13. The molecule has 0 bridgehead atoms. The summed E-state index contributed by atoms with van der Waals surface area (Å²) in [5.41, 5.74) is 7.22. The molecule has 0 unspecified atom stereocenters. The largest absolute Gasteiger partial charge is 0.508 e. The van der Waals surface area contributed by atoms with E-state index >= 15 is 0 Å². The number of aromatic hydroxyl groups is 2. The molecule has 1 heterocycles. The number of benzene rings is 3. The summed E-state index contributed by atoms with van der Waals surface area (Å²) >= 11 is 0. The van der Waals surface area contributed by atoms with Crippen molar-refractivity contribution in [3.8, 4) is 45.1 Å². The van der Waals surface area contributed by atoms with Gasteiger partial charge in [0.1, 0.15) is 17.3 Å². The van der Waals surface area contributed by atoms with Gasteiger partial charge in [-0.25, -0.2) is 9.37 Å². The molecule has 5 rings (SSSR count). The van der Waals surface area contributed by atoms with Crippen LogP contribution in [0.15, 0.2) is 72.8 Å². The number of aromatic nitrogens is 1. The Morgan fingerprint density at radius 1 is 0.750 bits per heavy atom. The highest BCUT2D eigenvalue weighted by atomic mass is 19.1. The van der Waals surface area contributed by atoms with Gasteiger partial charge in [0.15, 0.2) is 0 Å². The summed E-state index contributed by atoms with van der Waals surface area (Å²) in [5, 5.41) is 19.5. The Hall–Kier alpha value is -3.66. The van der Waals surface area contributed by atoms with Crippen LogP contribution < -0.4 is 0 Å². The highest BCUT2D eigenvalue weighted by molar-refractivity contribution is 5.86. The Balaban J connectivity index is 1.77. The molecular formula is C24H16FNO2. The standard InChI is InChI=1S/C24H16FNO2/c25-17-3-1-2-15(10-17)23-13-21(14-4-6-18(27)7-5-14)22-12-16-11-19(28)8-9-20(16)24(22)26-23/h1-11,13,27-28H,12H2. The van der Waals surface area contributed by atoms with E-state index in [-0.39, 0.29) is 17.3 Å². The normalized spacial score (nSPS) is 11.9. The van der Waals surface area contributed by atoms with Crippen LogP contribution in [0.3, 0.4) is 0 Å². The summed E-state index contributed by atoms with van der Waals surface area (Å²) in [6, 6.07) is 20.7. The van der Waals surface area contributed by atoms with Crippen molar-refractivity contribution in [2.24, 2.45) is 0 Å². The fourth-order valence-electron chi connectivity index (χ4n) is 3.82. The Morgan fingerprint density at radius 2 is 1.54 bits per heavy atom. The first kappa shape index (κ1) is 16.5.